The molecule has 0 aromatic heterocycles. The molecule has 0 bridgehead atoms. The van der Waals surface area contributed by atoms with Crippen LogP contribution < -0.4 is 24.8 Å². The van der Waals surface area contributed by atoms with Gasteiger partial charge in [-0.3, -0.25) is 12.2 Å². The average molecular weight is 775 g/mol. The normalized spacial score (nSPS) is 15.2. The molecule has 0 spiro atoms. The van der Waals surface area contributed by atoms with Gasteiger partial charge in [-0.2, -0.15) is 12.2 Å². The van der Waals surface area contributed by atoms with Gasteiger partial charge in [0.2, 0.25) is 0 Å². The number of halogens is 4. The molecule has 0 aliphatic heterocycles. The monoisotopic (exact) mass is 770 g/mol. The van der Waals surface area contributed by atoms with Gasteiger partial charge >= 0.3 is 64.1 Å². The first-order valence-electron chi connectivity index (χ1n) is 10.3. The number of benzene rings is 2. The molecule has 0 fully saturated rings. The van der Waals surface area contributed by atoms with Crippen molar-refractivity contribution in [3.8, 4) is 0 Å². The van der Waals surface area contributed by atoms with E-state index in [0.717, 1.165) is 12.8 Å². The summed E-state index contributed by atoms with van der Waals surface area (Å²) in [6.07, 6.45) is 29.2. The molecule has 6 rings (SSSR count). The van der Waals surface area contributed by atoms with Crippen LogP contribution in [0.25, 0.3) is 12.2 Å². The summed E-state index contributed by atoms with van der Waals surface area (Å²) in [4.78, 5) is 0. The van der Waals surface area contributed by atoms with E-state index in [0.29, 0.717) is 11.8 Å². The van der Waals surface area contributed by atoms with E-state index < -0.39 is 20.8 Å². The van der Waals surface area contributed by atoms with Gasteiger partial charge in [0.1, 0.15) is 0 Å². The van der Waals surface area contributed by atoms with Gasteiger partial charge in [0.15, 0.2) is 0 Å². The number of rotatable bonds is 1. The van der Waals surface area contributed by atoms with Crippen LogP contribution >= 0.6 is 17.0 Å². The summed E-state index contributed by atoms with van der Waals surface area (Å²) in [6, 6.07) is 17.4. The van der Waals surface area contributed by atoms with Crippen LogP contribution in [0.1, 0.15) is 46.9 Å². The third-order valence-corrected chi connectivity index (χ3v) is 5.24. The molecular formula is C34H42Cl4Zr2-8. The molecule has 6 heteroatoms. The zero-order valence-corrected chi connectivity index (χ0v) is 32.4. The zero-order valence-electron chi connectivity index (χ0n) is 24.5. The largest absolute Gasteiger partial charge is 2.00 e. The molecule has 0 radical (unpaired) electrons. The summed E-state index contributed by atoms with van der Waals surface area (Å²) >= 11 is -0.826. The molecule has 2 aromatic rings. The smallest absolute Gasteiger partial charge is 2.00 e. The van der Waals surface area contributed by atoms with Gasteiger partial charge in [0, 0.05) is 11.8 Å². The molecule has 4 aliphatic carbocycles. The number of hydrogen-bond donors (Lipinski definition) is 0. The fourth-order valence-corrected chi connectivity index (χ4v) is 3.86. The van der Waals surface area contributed by atoms with Gasteiger partial charge < -0.3 is 69.4 Å². The van der Waals surface area contributed by atoms with Crippen molar-refractivity contribution in [1.82, 2.24) is 0 Å². The first-order valence-corrected chi connectivity index (χ1v) is 16.6. The van der Waals surface area contributed by atoms with Crippen LogP contribution in [-0.4, -0.2) is 0 Å². The van der Waals surface area contributed by atoms with Crippen molar-refractivity contribution in [3.05, 3.63) is 176 Å². The van der Waals surface area contributed by atoms with Crippen molar-refractivity contribution in [2.24, 2.45) is 0 Å². The minimum absolute atomic E-state index is 0. The molecule has 0 N–H and O–H groups in total. The molecule has 40 heavy (non-hydrogen) atoms. The summed E-state index contributed by atoms with van der Waals surface area (Å²) in [6.45, 7) is 0. The fraction of sp³-hybridized carbons (Fsp3) is 0.118. The summed E-state index contributed by atoms with van der Waals surface area (Å²) in [5.74, 6) is 1.00. The van der Waals surface area contributed by atoms with Crippen molar-refractivity contribution in [2.45, 2.75) is 24.7 Å². The Labute approximate surface area is 298 Å². The first-order chi connectivity index (χ1) is 15.3. The van der Waals surface area contributed by atoms with Crippen molar-refractivity contribution in [2.75, 3.05) is 0 Å². The van der Waals surface area contributed by atoms with Gasteiger partial charge in [-0.25, -0.2) is 24.3 Å². The Morgan fingerprint density at radius 1 is 0.600 bits per heavy atom. The van der Waals surface area contributed by atoms with E-state index in [2.05, 4.69) is 97.1 Å². The van der Waals surface area contributed by atoms with Crippen LogP contribution in [0, 0.1) is 56.7 Å². The number of fused-ring (bicyclic) bond motifs is 2. The first kappa shape index (κ1) is 55.7. The van der Waals surface area contributed by atoms with Crippen molar-refractivity contribution in [1.29, 1.82) is 0 Å². The molecule has 4 aliphatic rings. The molecule has 0 nitrogen and oxygen atoms in total. The molecule has 0 saturated carbocycles. The van der Waals surface area contributed by atoms with Crippen LogP contribution in [0.5, 0.6) is 0 Å². The third kappa shape index (κ3) is 17.7. The topological polar surface area (TPSA) is 0 Å². The van der Waals surface area contributed by atoms with E-state index in [1.54, 1.807) is 0 Å². The molecular weight excluding hydrogens is 733 g/mol. The van der Waals surface area contributed by atoms with E-state index in [9.17, 15) is 0 Å². The summed E-state index contributed by atoms with van der Waals surface area (Å²) < 4.78 is 0. The van der Waals surface area contributed by atoms with E-state index in [1.807, 2.05) is 24.3 Å². The van der Waals surface area contributed by atoms with Crippen LogP contribution in [0.4, 0.5) is 0 Å². The molecule has 0 heterocycles. The van der Waals surface area contributed by atoms with Crippen LogP contribution in [0.2, 0.25) is 0 Å². The summed E-state index contributed by atoms with van der Waals surface area (Å²) in [7, 11) is 9.87. The Bertz CT molecular complexity index is 923. The van der Waals surface area contributed by atoms with Crippen LogP contribution in [0.3, 0.4) is 0 Å². The second kappa shape index (κ2) is 33.3. The SMILES string of the molecule is C1=CC(C2C=Cc3ccccc32)c2ccccc21.[C-]1=CC=CC1.[C-]1=CC=CC1.[CH3-].[CH3-].[CH3-].[CH3-].[CH3-].[CH3-].[Cl-].[Cl-].[Cl][Zr][Cl].[Zr+2]. The van der Waals surface area contributed by atoms with E-state index in [4.69, 9.17) is 17.0 Å². The molecule has 2 unspecified atom stereocenters. The Kier molecular flexibility index (Phi) is 46.4. The Morgan fingerprint density at radius 2 is 0.925 bits per heavy atom. The van der Waals surface area contributed by atoms with Crippen molar-refractivity contribution in [3.63, 3.8) is 0 Å². The van der Waals surface area contributed by atoms with E-state index in [-0.39, 0.29) is 95.6 Å². The average Bonchev–Trinajstić information content (AvgIpc) is 3.62. The van der Waals surface area contributed by atoms with E-state index >= 15 is 0 Å². The third-order valence-electron chi connectivity index (χ3n) is 5.24. The Balaban J connectivity index is -0.0000000854. The van der Waals surface area contributed by atoms with E-state index in [1.165, 1.54) is 22.3 Å². The van der Waals surface area contributed by atoms with Gasteiger partial charge in [-0.05, 0) is 22.3 Å². The zero-order chi connectivity index (χ0) is 21.7. The minimum Gasteiger partial charge on any atom is 2.00 e. The maximum atomic E-state index is 4.93. The standard InChI is InChI=1S/C18H14.2C5H5.6CH3.4ClH.2Zr/c1-3-7-15-13(5-1)9-11-17(15)18-12-10-14-6-2-4-8-16(14)18;2*1-2-4-5-3-1;;;;;;;;;;;;/h1-12,17-18H;2*1-3H,4H2;6*1H3;4*1H;;/q;8*-1;;;;;2*+2/p-4. The maximum Gasteiger partial charge on any atom is 2.00 e. The summed E-state index contributed by atoms with van der Waals surface area (Å²) in [5, 5.41) is 0. The van der Waals surface area contributed by atoms with Gasteiger partial charge in [0.25, 0.3) is 0 Å². The molecule has 0 saturated heterocycles. The van der Waals surface area contributed by atoms with Gasteiger partial charge in [-0.1, -0.05) is 72.8 Å². The van der Waals surface area contributed by atoms with Crippen molar-refractivity contribution >= 4 is 29.2 Å². The van der Waals surface area contributed by atoms with Gasteiger partial charge in [0.05, 0.1) is 0 Å². The summed E-state index contributed by atoms with van der Waals surface area (Å²) in [5.41, 5.74) is 5.67. The molecule has 222 valence electrons. The van der Waals surface area contributed by atoms with Crippen molar-refractivity contribution < 1.29 is 71.9 Å². The Hall–Kier alpha value is -0.194. The molecule has 2 atom stereocenters. The minimum atomic E-state index is -0.826. The predicted molar refractivity (Wildman–Crippen MR) is 170 cm³/mol. The van der Waals surface area contributed by atoms with Gasteiger partial charge in [-0.15, -0.1) is 12.8 Å². The second-order valence-electron chi connectivity index (χ2n) is 7.11. The Morgan fingerprint density at radius 3 is 1.18 bits per heavy atom. The van der Waals surface area contributed by atoms with Crippen LogP contribution in [0.15, 0.2) is 97.1 Å². The number of allylic oxidation sites excluding steroid dienone is 10. The quantitative estimate of drug-likeness (QED) is 0.346. The number of hydrogen-bond acceptors (Lipinski definition) is 0. The predicted octanol–water partition coefficient (Wildman–Crippen LogP) is 5.30. The fourth-order valence-electron chi connectivity index (χ4n) is 3.86. The molecule has 2 aromatic carbocycles. The van der Waals surface area contributed by atoms with Crippen LogP contribution in [-0.2, 0) is 47.1 Å². The molecule has 0 amide bonds. The maximum absolute atomic E-state index is 4.93. The second-order valence-corrected chi connectivity index (χ2v) is 10.8.